The van der Waals surface area contributed by atoms with Crippen molar-refractivity contribution in [3.8, 4) is 0 Å². The number of carboxylic acid groups (broad SMARTS) is 1. The first kappa shape index (κ1) is 16.3. The summed E-state index contributed by atoms with van der Waals surface area (Å²) in [7, 11) is 0. The highest BCUT2D eigenvalue weighted by molar-refractivity contribution is 6.00. The van der Waals surface area contributed by atoms with E-state index < -0.39 is 11.6 Å². The number of para-hydroxylation sites is 1. The van der Waals surface area contributed by atoms with Gasteiger partial charge in [-0.15, -0.1) is 0 Å². The largest absolute Gasteiger partial charge is 0.478 e. The molecule has 0 aliphatic carbocycles. The Morgan fingerprint density at radius 3 is 2.79 bits per heavy atom. The normalized spacial score (nSPS) is 18.1. The Balaban J connectivity index is 1.93. The third kappa shape index (κ3) is 3.06. The highest BCUT2D eigenvalue weighted by atomic mass is 16.6. The van der Waals surface area contributed by atoms with E-state index >= 15 is 0 Å². The fraction of sp³-hybridized carbons (Fsp3) is 0.471. The maximum absolute atomic E-state index is 12.4. The lowest BCUT2D eigenvalue weighted by atomic mass is 10.2. The molecule has 1 aromatic carbocycles. The van der Waals surface area contributed by atoms with E-state index in [9.17, 15) is 14.7 Å². The molecule has 0 saturated carbocycles. The molecule has 0 spiro atoms. The van der Waals surface area contributed by atoms with Crippen LogP contribution in [0.5, 0.6) is 0 Å². The summed E-state index contributed by atoms with van der Waals surface area (Å²) in [5.41, 5.74) is 0.656. The van der Waals surface area contributed by atoms with E-state index in [1.165, 1.54) is 6.07 Å². The zero-order valence-electron chi connectivity index (χ0n) is 14.0. The predicted molar refractivity (Wildman–Crippen MR) is 88.0 cm³/mol. The molecule has 0 bridgehead atoms. The van der Waals surface area contributed by atoms with Gasteiger partial charge in [-0.25, -0.2) is 14.6 Å². The van der Waals surface area contributed by atoms with Crippen LogP contribution < -0.4 is 0 Å². The van der Waals surface area contributed by atoms with Crippen molar-refractivity contribution >= 4 is 23.1 Å². The van der Waals surface area contributed by atoms with Crippen molar-refractivity contribution in [1.82, 2.24) is 14.9 Å². The number of rotatable bonds is 2. The number of amides is 1. The molecule has 1 aliphatic heterocycles. The SMILES string of the molecule is CC(C)(C)OC(=O)N1CCCC1c1nc2c(C(=O)O)cccc2[nH]1. The summed E-state index contributed by atoms with van der Waals surface area (Å²) in [6.07, 6.45) is 1.25. The number of carboxylic acids is 1. The van der Waals surface area contributed by atoms with Crippen LogP contribution in [0.4, 0.5) is 4.79 Å². The summed E-state index contributed by atoms with van der Waals surface area (Å²) in [6, 6.07) is 4.75. The summed E-state index contributed by atoms with van der Waals surface area (Å²) >= 11 is 0. The number of imidazole rings is 1. The number of benzene rings is 1. The number of aromatic carboxylic acids is 1. The van der Waals surface area contributed by atoms with Gasteiger partial charge in [-0.1, -0.05) is 6.07 Å². The Kier molecular flexibility index (Phi) is 3.95. The zero-order chi connectivity index (χ0) is 17.5. The third-order valence-corrected chi connectivity index (χ3v) is 3.96. The van der Waals surface area contributed by atoms with Gasteiger partial charge in [0.1, 0.15) is 16.9 Å². The standard InChI is InChI=1S/C17H21N3O4/c1-17(2,3)24-16(23)20-9-5-8-12(20)14-18-11-7-4-6-10(15(21)22)13(11)19-14/h4,6-7,12H,5,8-9H2,1-3H3,(H,18,19)(H,21,22). The van der Waals surface area contributed by atoms with E-state index in [2.05, 4.69) is 9.97 Å². The second kappa shape index (κ2) is 5.81. The van der Waals surface area contributed by atoms with Crippen molar-refractivity contribution in [3.63, 3.8) is 0 Å². The smallest absolute Gasteiger partial charge is 0.410 e. The van der Waals surface area contributed by atoms with Gasteiger partial charge >= 0.3 is 12.1 Å². The predicted octanol–water partition coefficient (Wildman–Crippen LogP) is 3.33. The van der Waals surface area contributed by atoms with E-state index in [1.807, 2.05) is 20.8 Å². The number of hydrogen-bond acceptors (Lipinski definition) is 4. The molecule has 1 atom stereocenters. The summed E-state index contributed by atoms with van der Waals surface area (Å²) in [4.78, 5) is 33.0. The molecule has 24 heavy (non-hydrogen) atoms. The summed E-state index contributed by atoms with van der Waals surface area (Å²) < 4.78 is 5.46. The highest BCUT2D eigenvalue weighted by Gasteiger charge is 2.35. The van der Waals surface area contributed by atoms with Crippen LogP contribution in [0.15, 0.2) is 18.2 Å². The van der Waals surface area contributed by atoms with E-state index in [4.69, 9.17) is 4.74 Å². The molecule has 128 valence electrons. The van der Waals surface area contributed by atoms with E-state index in [-0.39, 0.29) is 17.7 Å². The number of hydrogen-bond donors (Lipinski definition) is 2. The number of H-pyrrole nitrogens is 1. The highest BCUT2D eigenvalue weighted by Crippen LogP contribution is 2.33. The Morgan fingerprint density at radius 1 is 1.38 bits per heavy atom. The van der Waals surface area contributed by atoms with Crippen LogP contribution in [0.25, 0.3) is 11.0 Å². The average Bonchev–Trinajstić information content (AvgIpc) is 3.10. The fourth-order valence-corrected chi connectivity index (χ4v) is 2.97. The molecule has 2 heterocycles. The molecule has 1 saturated heterocycles. The molecule has 7 heteroatoms. The number of likely N-dealkylation sites (tertiary alicyclic amines) is 1. The lowest BCUT2D eigenvalue weighted by Gasteiger charge is -2.27. The third-order valence-electron chi connectivity index (χ3n) is 3.96. The minimum atomic E-state index is -1.02. The number of ether oxygens (including phenoxy) is 1. The van der Waals surface area contributed by atoms with Crippen LogP contribution in [-0.4, -0.2) is 44.2 Å². The lowest BCUT2D eigenvalue weighted by Crippen LogP contribution is -2.36. The molecule has 2 N–H and O–H groups in total. The van der Waals surface area contributed by atoms with Gasteiger partial charge in [-0.2, -0.15) is 0 Å². The van der Waals surface area contributed by atoms with E-state index in [1.54, 1.807) is 17.0 Å². The Bertz CT molecular complexity index is 791. The van der Waals surface area contributed by atoms with Crippen molar-refractivity contribution in [1.29, 1.82) is 0 Å². The number of fused-ring (bicyclic) bond motifs is 1. The summed E-state index contributed by atoms with van der Waals surface area (Å²) in [5.74, 6) is -0.420. The molecule has 1 fully saturated rings. The first-order chi connectivity index (χ1) is 11.3. The van der Waals surface area contributed by atoms with Crippen LogP contribution >= 0.6 is 0 Å². The van der Waals surface area contributed by atoms with Crippen LogP contribution in [0.3, 0.4) is 0 Å². The van der Waals surface area contributed by atoms with Crippen molar-refractivity contribution in [2.24, 2.45) is 0 Å². The van der Waals surface area contributed by atoms with Crippen molar-refractivity contribution in [2.45, 2.75) is 45.3 Å². The van der Waals surface area contributed by atoms with Gasteiger partial charge in [0, 0.05) is 6.54 Å². The van der Waals surface area contributed by atoms with Gasteiger partial charge in [-0.05, 0) is 45.7 Å². The molecule has 1 aliphatic rings. The maximum atomic E-state index is 12.4. The fourth-order valence-electron chi connectivity index (χ4n) is 2.97. The zero-order valence-corrected chi connectivity index (χ0v) is 14.0. The molecule has 7 nitrogen and oxygen atoms in total. The lowest BCUT2D eigenvalue weighted by molar-refractivity contribution is 0.0218. The van der Waals surface area contributed by atoms with Gasteiger partial charge in [0.15, 0.2) is 0 Å². The number of nitrogens with zero attached hydrogens (tertiary/aromatic N) is 2. The average molecular weight is 331 g/mol. The molecule has 1 unspecified atom stereocenters. The second-order valence-corrected chi connectivity index (χ2v) is 6.96. The van der Waals surface area contributed by atoms with Gasteiger partial charge in [-0.3, -0.25) is 4.90 Å². The van der Waals surface area contributed by atoms with Crippen LogP contribution in [0, 0.1) is 0 Å². The van der Waals surface area contributed by atoms with Crippen molar-refractivity contribution < 1.29 is 19.4 Å². The number of nitrogens with one attached hydrogen (secondary N) is 1. The van der Waals surface area contributed by atoms with Crippen LogP contribution in [0.2, 0.25) is 0 Å². The summed E-state index contributed by atoms with van der Waals surface area (Å²) in [6.45, 7) is 6.09. The molecular weight excluding hydrogens is 310 g/mol. The second-order valence-electron chi connectivity index (χ2n) is 6.96. The molecule has 1 amide bonds. The number of carbonyl (C=O) groups excluding carboxylic acids is 1. The maximum Gasteiger partial charge on any atom is 0.410 e. The van der Waals surface area contributed by atoms with Gasteiger partial charge in [0.2, 0.25) is 0 Å². The number of aromatic amines is 1. The topological polar surface area (TPSA) is 95.5 Å². The quantitative estimate of drug-likeness (QED) is 0.880. The Labute approximate surface area is 139 Å². The molecule has 1 aromatic heterocycles. The van der Waals surface area contributed by atoms with Gasteiger partial charge in [0.25, 0.3) is 0 Å². The minimum Gasteiger partial charge on any atom is -0.478 e. The van der Waals surface area contributed by atoms with Crippen LogP contribution in [-0.2, 0) is 4.74 Å². The Hall–Kier alpha value is -2.57. The molecule has 3 rings (SSSR count). The number of carbonyl (C=O) groups is 2. The van der Waals surface area contributed by atoms with Gasteiger partial charge in [0.05, 0.1) is 17.1 Å². The number of aromatic nitrogens is 2. The van der Waals surface area contributed by atoms with Crippen molar-refractivity contribution in [2.75, 3.05) is 6.54 Å². The molecule has 0 radical (unpaired) electrons. The minimum absolute atomic E-state index is 0.150. The molecular formula is C17H21N3O4. The van der Waals surface area contributed by atoms with E-state index in [0.29, 0.717) is 23.4 Å². The monoisotopic (exact) mass is 331 g/mol. The molecule has 2 aromatic rings. The van der Waals surface area contributed by atoms with Gasteiger partial charge < -0.3 is 14.8 Å². The first-order valence-electron chi connectivity index (χ1n) is 7.98. The first-order valence-corrected chi connectivity index (χ1v) is 7.98. The Morgan fingerprint density at radius 2 is 2.12 bits per heavy atom. The van der Waals surface area contributed by atoms with Crippen LogP contribution in [0.1, 0.15) is 55.8 Å². The van der Waals surface area contributed by atoms with E-state index in [0.717, 1.165) is 12.8 Å². The summed E-state index contributed by atoms with van der Waals surface area (Å²) in [5, 5.41) is 9.29. The van der Waals surface area contributed by atoms with Crippen molar-refractivity contribution in [3.05, 3.63) is 29.6 Å².